The number of carbonyl (C=O) groups is 1. The van der Waals surface area contributed by atoms with Crippen LogP contribution in [0.15, 0.2) is 48.5 Å². The number of alkyl halides is 3. The number of rotatable bonds is 5. The summed E-state index contributed by atoms with van der Waals surface area (Å²) in [6, 6.07) is 12.1. The Kier molecular flexibility index (Phi) is 7.68. The number of non-ortho nitro benzene ring substituents is 1. The molecule has 0 saturated carbocycles. The first-order chi connectivity index (χ1) is 13.1. The van der Waals surface area contributed by atoms with Gasteiger partial charge >= 0.3 is 0 Å². The maximum absolute atomic E-state index is 12.3. The van der Waals surface area contributed by atoms with Gasteiger partial charge in [0.15, 0.2) is 5.11 Å². The summed E-state index contributed by atoms with van der Waals surface area (Å²) in [7, 11) is 0. The van der Waals surface area contributed by atoms with Gasteiger partial charge in [0.2, 0.25) is 3.79 Å². The third-order valence-corrected chi connectivity index (χ3v) is 4.51. The Labute approximate surface area is 185 Å². The molecule has 0 aliphatic rings. The first-order valence-electron chi connectivity index (χ1n) is 7.52. The lowest BCUT2D eigenvalue weighted by Crippen LogP contribution is -2.56. The molecule has 2 rings (SSSR count). The largest absolute Gasteiger partial charge is 0.339 e. The second kappa shape index (κ2) is 9.58. The van der Waals surface area contributed by atoms with E-state index in [1.54, 1.807) is 30.3 Å². The summed E-state index contributed by atoms with van der Waals surface area (Å²) >= 11 is 28.9. The average Bonchev–Trinajstić information content (AvgIpc) is 2.62. The Morgan fingerprint density at radius 2 is 1.75 bits per heavy atom. The molecule has 2 aromatic carbocycles. The molecule has 0 bridgehead atoms. The van der Waals surface area contributed by atoms with Crippen molar-refractivity contribution in [1.29, 1.82) is 0 Å². The molecule has 148 valence electrons. The Hall–Kier alpha value is -1.84. The summed E-state index contributed by atoms with van der Waals surface area (Å²) in [4.78, 5) is 22.5. The highest BCUT2D eigenvalue weighted by atomic mass is 35.6. The van der Waals surface area contributed by atoms with Gasteiger partial charge in [-0.2, -0.15) is 0 Å². The van der Waals surface area contributed by atoms with Gasteiger partial charge < -0.3 is 16.0 Å². The maximum Gasteiger partial charge on any atom is 0.271 e. The number of thiocarbonyl (C=S) groups is 1. The molecular weight excluding hydrogens is 470 g/mol. The molecule has 0 aliphatic carbocycles. The molecule has 0 spiro atoms. The second-order valence-electron chi connectivity index (χ2n) is 5.33. The molecule has 2 aromatic rings. The number of nitrogens with one attached hydrogen (secondary N) is 3. The highest BCUT2D eigenvalue weighted by molar-refractivity contribution is 7.80. The van der Waals surface area contributed by atoms with Gasteiger partial charge in [0, 0.05) is 17.7 Å². The minimum Gasteiger partial charge on any atom is -0.339 e. The third-order valence-electron chi connectivity index (χ3n) is 3.33. The van der Waals surface area contributed by atoms with Crippen molar-refractivity contribution < 1.29 is 9.72 Å². The van der Waals surface area contributed by atoms with Crippen molar-refractivity contribution in [2.75, 3.05) is 5.32 Å². The maximum atomic E-state index is 12.3. The summed E-state index contributed by atoms with van der Waals surface area (Å²) in [5, 5.41) is 18.7. The number of halogens is 4. The van der Waals surface area contributed by atoms with Crippen molar-refractivity contribution in [2.45, 2.75) is 9.96 Å². The van der Waals surface area contributed by atoms with E-state index >= 15 is 0 Å². The van der Waals surface area contributed by atoms with Gasteiger partial charge in [-0.05, 0) is 30.4 Å². The Morgan fingerprint density at radius 3 is 2.29 bits per heavy atom. The zero-order valence-electron chi connectivity index (χ0n) is 13.8. The van der Waals surface area contributed by atoms with E-state index in [-0.39, 0.29) is 15.8 Å². The van der Waals surface area contributed by atoms with Crippen LogP contribution in [0.4, 0.5) is 11.4 Å². The lowest BCUT2D eigenvalue weighted by Gasteiger charge is -2.28. The van der Waals surface area contributed by atoms with Crippen LogP contribution in [0.25, 0.3) is 0 Å². The molecule has 0 radical (unpaired) electrons. The van der Waals surface area contributed by atoms with Crippen molar-refractivity contribution in [3.63, 3.8) is 0 Å². The third kappa shape index (κ3) is 6.35. The first-order valence-corrected chi connectivity index (χ1v) is 9.44. The van der Waals surface area contributed by atoms with E-state index < -0.39 is 20.8 Å². The van der Waals surface area contributed by atoms with E-state index in [1.807, 2.05) is 0 Å². The molecule has 28 heavy (non-hydrogen) atoms. The second-order valence-corrected chi connectivity index (χ2v) is 8.52. The van der Waals surface area contributed by atoms with Gasteiger partial charge in [0.05, 0.1) is 15.6 Å². The van der Waals surface area contributed by atoms with Crippen LogP contribution in [0.3, 0.4) is 0 Å². The van der Waals surface area contributed by atoms with Crippen molar-refractivity contribution in [1.82, 2.24) is 10.6 Å². The lowest BCUT2D eigenvalue weighted by atomic mass is 10.2. The molecule has 0 aliphatic heterocycles. The first kappa shape index (κ1) is 22.4. The number of benzene rings is 2. The fraction of sp³-hybridized carbons (Fsp3) is 0.125. The Balaban J connectivity index is 2.09. The molecule has 1 unspecified atom stereocenters. The minimum atomic E-state index is -1.94. The van der Waals surface area contributed by atoms with Crippen LogP contribution in [-0.4, -0.2) is 25.9 Å². The highest BCUT2D eigenvalue weighted by Crippen LogP contribution is 2.30. The monoisotopic (exact) mass is 480 g/mol. The molecule has 0 saturated heterocycles. The van der Waals surface area contributed by atoms with Crippen molar-refractivity contribution in [2.24, 2.45) is 0 Å². The normalized spacial score (nSPS) is 12.0. The van der Waals surface area contributed by atoms with Crippen LogP contribution in [0.1, 0.15) is 10.4 Å². The summed E-state index contributed by atoms with van der Waals surface area (Å²) in [6.45, 7) is 0. The van der Waals surface area contributed by atoms with Crippen LogP contribution in [0.5, 0.6) is 0 Å². The molecule has 0 aromatic heterocycles. The molecule has 3 N–H and O–H groups in total. The Morgan fingerprint density at radius 1 is 1.11 bits per heavy atom. The number of nitro benzene ring substituents is 1. The number of anilines is 1. The SMILES string of the molecule is O=C(NC(NC(=S)Nc1ccc([N+](=O)[O-])cc1Cl)C(Cl)(Cl)Cl)c1ccccc1. The van der Waals surface area contributed by atoms with Crippen LogP contribution < -0.4 is 16.0 Å². The van der Waals surface area contributed by atoms with E-state index in [2.05, 4.69) is 16.0 Å². The average molecular weight is 482 g/mol. The summed E-state index contributed by atoms with van der Waals surface area (Å²) in [6.07, 6.45) is -1.18. The fourth-order valence-corrected chi connectivity index (χ4v) is 2.79. The van der Waals surface area contributed by atoms with Gasteiger partial charge in [-0.25, -0.2) is 0 Å². The summed E-state index contributed by atoms with van der Waals surface area (Å²) < 4.78 is -1.94. The number of amides is 1. The standard InChI is InChI=1S/C16H12Cl4N4O3S/c17-11-8-10(24(26)27)6-7-12(11)21-15(28)23-14(16(18,19)20)22-13(25)9-4-2-1-3-5-9/h1-8,14H,(H,22,25)(H2,21,23,28). The van der Waals surface area contributed by atoms with Gasteiger partial charge in [-0.1, -0.05) is 64.6 Å². The zero-order valence-corrected chi connectivity index (χ0v) is 17.6. The van der Waals surface area contributed by atoms with E-state index in [4.69, 9.17) is 58.6 Å². The molecule has 0 heterocycles. The minimum absolute atomic E-state index is 0.0274. The summed E-state index contributed by atoms with van der Waals surface area (Å²) in [5.74, 6) is -0.486. The predicted octanol–water partition coefficient (Wildman–Crippen LogP) is 4.66. The quantitative estimate of drug-likeness (QED) is 0.189. The van der Waals surface area contributed by atoms with E-state index in [0.717, 1.165) is 6.07 Å². The number of carbonyl (C=O) groups excluding carboxylic acids is 1. The van der Waals surface area contributed by atoms with E-state index in [0.29, 0.717) is 11.3 Å². The number of nitrogens with zero attached hydrogens (tertiary/aromatic N) is 1. The molecule has 1 amide bonds. The molecule has 1 atom stereocenters. The number of nitro groups is 1. The molecule has 7 nitrogen and oxygen atoms in total. The zero-order chi connectivity index (χ0) is 20.9. The smallest absolute Gasteiger partial charge is 0.271 e. The molecular formula is C16H12Cl4N4O3S. The van der Waals surface area contributed by atoms with Gasteiger partial charge in [-0.3, -0.25) is 14.9 Å². The van der Waals surface area contributed by atoms with Crippen LogP contribution in [0.2, 0.25) is 5.02 Å². The Bertz CT molecular complexity index is 893. The van der Waals surface area contributed by atoms with Gasteiger partial charge in [-0.15, -0.1) is 0 Å². The van der Waals surface area contributed by atoms with Crippen molar-refractivity contribution in [3.8, 4) is 0 Å². The van der Waals surface area contributed by atoms with Gasteiger partial charge in [0.25, 0.3) is 11.6 Å². The van der Waals surface area contributed by atoms with Crippen molar-refractivity contribution >= 4 is 81.0 Å². The topological polar surface area (TPSA) is 96.3 Å². The van der Waals surface area contributed by atoms with E-state index in [1.165, 1.54) is 12.1 Å². The van der Waals surface area contributed by atoms with Crippen molar-refractivity contribution in [3.05, 3.63) is 69.2 Å². The van der Waals surface area contributed by atoms with Crippen LogP contribution in [-0.2, 0) is 0 Å². The fourth-order valence-electron chi connectivity index (χ4n) is 2.01. The van der Waals surface area contributed by atoms with Gasteiger partial charge in [0.1, 0.15) is 6.17 Å². The molecule has 12 heteroatoms. The highest BCUT2D eigenvalue weighted by Gasteiger charge is 2.35. The van der Waals surface area contributed by atoms with Crippen LogP contribution >= 0.6 is 58.6 Å². The number of hydrogen-bond acceptors (Lipinski definition) is 4. The lowest BCUT2D eigenvalue weighted by molar-refractivity contribution is -0.384. The molecule has 0 fully saturated rings. The summed E-state index contributed by atoms with van der Waals surface area (Å²) in [5.41, 5.74) is 0.479. The number of hydrogen-bond donors (Lipinski definition) is 3. The van der Waals surface area contributed by atoms with Crippen LogP contribution in [0, 0.1) is 10.1 Å². The van der Waals surface area contributed by atoms with E-state index in [9.17, 15) is 14.9 Å². The predicted molar refractivity (Wildman–Crippen MR) is 115 cm³/mol.